The van der Waals surface area contributed by atoms with E-state index in [4.69, 9.17) is 0 Å². The molecule has 1 nitrogen and oxygen atoms in total. The van der Waals surface area contributed by atoms with Gasteiger partial charge in [-0.1, -0.05) is 42.5 Å². The number of rotatable bonds is 2. The van der Waals surface area contributed by atoms with Crippen LogP contribution in [0.3, 0.4) is 0 Å². The molecule has 76 valence electrons. The van der Waals surface area contributed by atoms with Crippen LogP contribution in [0.25, 0.3) is 0 Å². The number of hydrogen-bond donors (Lipinski definition) is 1. The first-order chi connectivity index (χ1) is 7.27. The molecule has 0 heterocycles. The lowest BCUT2D eigenvalue weighted by atomic mass is 10.1. The van der Waals surface area contributed by atoms with E-state index in [1.54, 1.807) is 6.07 Å². The maximum absolute atomic E-state index is 9.57. The molecular weight excluding hydrogens is 299 g/mol. The lowest BCUT2D eigenvalue weighted by Gasteiger charge is -2.05. The van der Waals surface area contributed by atoms with Crippen LogP contribution in [0.4, 0.5) is 0 Å². The van der Waals surface area contributed by atoms with Crippen LogP contribution in [0.1, 0.15) is 11.1 Å². The van der Waals surface area contributed by atoms with E-state index in [-0.39, 0.29) is 0 Å². The van der Waals surface area contributed by atoms with Gasteiger partial charge in [-0.15, -0.1) is 0 Å². The fourth-order valence-electron chi connectivity index (χ4n) is 1.52. The fraction of sp³-hybridized carbons (Fsp3) is 0.0769. The summed E-state index contributed by atoms with van der Waals surface area (Å²) in [5.74, 6) is 0.365. The molecule has 0 fully saturated rings. The molecule has 2 aromatic rings. The summed E-state index contributed by atoms with van der Waals surface area (Å²) < 4.78 is 0.943. The Morgan fingerprint density at radius 2 is 1.67 bits per heavy atom. The number of hydrogen-bond acceptors (Lipinski definition) is 1. The van der Waals surface area contributed by atoms with Crippen molar-refractivity contribution in [2.75, 3.05) is 0 Å². The van der Waals surface area contributed by atoms with Crippen molar-refractivity contribution < 1.29 is 5.11 Å². The third-order valence-corrected chi connectivity index (χ3v) is 3.54. The van der Waals surface area contributed by atoms with Crippen LogP contribution < -0.4 is 0 Å². The summed E-state index contributed by atoms with van der Waals surface area (Å²) in [6.07, 6.45) is 0.869. The molecule has 15 heavy (non-hydrogen) atoms. The first kappa shape index (κ1) is 10.5. The lowest BCUT2D eigenvalue weighted by Crippen LogP contribution is -1.91. The van der Waals surface area contributed by atoms with Crippen LogP contribution in [0.2, 0.25) is 0 Å². The van der Waals surface area contributed by atoms with Crippen molar-refractivity contribution in [2.45, 2.75) is 6.42 Å². The predicted octanol–water partition coefficient (Wildman–Crippen LogP) is 3.59. The standard InChI is InChI=1S/C13H11IO/c14-13-11(7-4-8-12(13)15)9-10-5-2-1-3-6-10/h1-8,15H,9H2. The van der Waals surface area contributed by atoms with Crippen LogP contribution in [0, 0.1) is 3.57 Å². The van der Waals surface area contributed by atoms with Crippen molar-refractivity contribution in [3.63, 3.8) is 0 Å². The Balaban J connectivity index is 2.29. The molecule has 0 bridgehead atoms. The monoisotopic (exact) mass is 310 g/mol. The Kier molecular flexibility index (Phi) is 3.26. The largest absolute Gasteiger partial charge is 0.507 e. The topological polar surface area (TPSA) is 20.2 Å². The van der Waals surface area contributed by atoms with E-state index in [1.165, 1.54) is 11.1 Å². The third kappa shape index (κ3) is 2.50. The van der Waals surface area contributed by atoms with Gasteiger partial charge in [-0.05, 0) is 46.2 Å². The molecular formula is C13H11IO. The van der Waals surface area contributed by atoms with Crippen LogP contribution in [0.5, 0.6) is 5.75 Å². The number of aromatic hydroxyl groups is 1. The molecule has 0 aliphatic heterocycles. The van der Waals surface area contributed by atoms with E-state index in [0.29, 0.717) is 5.75 Å². The molecule has 1 N–H and O–H groups in total. The molecule has 0 saturated carbocycles. The van der Waals surface area contributed by atoms with Gasteiger partial charge in [0, 0.05) is 0 Å². The van der Waals surface area contributed by atoms with E-state index < -0.39 is 0 Å². The molecule has 0 saturated heterocycles. The Morgan fingerprint density at radius 1 is 0.933 bits per heavy atom. The summed E-state index contributed by atoms with van der Waals surface area (Å²) in [6.45, 7) is 0. The molecule has 0 amide bonds. The van der Waals surface area contributed by atoms with E-state index in [1.807, 2.05) is 24.3 Å². The smallest absolute Gasteiger partial charge is 0.129 e. The minimum atomic E-state index is 0.365. The fourth-order valence-corrected chi connectivity index (χ4v) is 2.07. The predicted molar refractivity (Wildman–Crippen MR) is 70.1 cm³/mol. The van der Waals surface area contributed by atoms with Crippen molar-refractivity contribution >= 4 is 22.6 Å². The number of halogens is 1. The molecule has 0 unspecified atom stereocenters. The zero-order valence-corrected chi connectivity index (χ0v) is 10.3. The van der Waals surface area contributed by atoms with Gasteiger partial charge in [0.05, 0.1) is 3.57 Å². The van der Waals surface area contributed by atoms with Gasteiger partial charge in [0.1, 0.15) is 5.75 Å². The highest BCUT2D eigenvalue weighted by atomic mass is 127. The Morgan fingerprint density at radius 3 is 2.40 bits per heavy atom. The summed E-state index contributed by atoms with van der Waals surface area (Å²) in [4.78, 5) is 0. The molecule has 0 spiro atoms. The Bertz CT molecular complexity index is 451. The van der Waals surface area contributed by atoms with Crippen LogP contribution >= 0.6 is 22.6 Å². The van der Waals surface area contributed by atoms with Gasteiger partial charge in [0.2, 0.25) is 0 Å². The highest BCUT2D eigenvalue weighted by molar-refractivity contribution is 14.1. The normalized spacial score (nSPS) is 10.2. The van der Waals surface area contributed by atoms with Crippen LogP contribution in [-0.4, -0.2) is 5.11 Å². The van der Waals surface area contributed by atoms with Gasteiger partial charge in [-0.3, -0.25) is 0 Å². The summed E-state index contributed by atoms with van der Waals surface area (Å²) in [6, 6.07) is 15.9. The van der Waals surface area contributed by atoms with E-state index in [0.717, 1.165) is 9.99 Å². The summed E-state index contributed by atoms with van der Waals surface area (Å²) in [5, 5.41) is 9.57. The second-order valence-corrected chi connectivity index (χ2v) is 4.49. The average Bonchev–Trinajstić information content (AvgIpc) is 2.26. The first-order valence-corrected chi connectivity index (χ1v) is 5.85. The molecule has 0 atom stereocenters. The zero-order valence-electron chi connectivity index (χ0n) is 8.15. The minimum Gasteiger partial charge on any atom is -0.507 e. The molecule has 0 aromatic heterocycles. The summed E-state index contributed by atoms with van der Waals surface area (Å²) in [5.41, 5.74) is 2.43. The molecule has 2 heteroatoms. The summed E-state index contributed by atoms with van der Waals surface area (Å²) in [7, 11) is 0. The zero-order chi connectivity index (χ0) is 10.7. The van der Waals surface area contributed by atoms with E-state index >= 15 is 0 Å². The maximum atomic E-state index is 9.57. The Hall–Kier alpha value is -1.03. The van der Waals surface area contributed by atoms with Crippen molar-refractivity contribution in [1.82, 2.24) is 0 Å². The van der Waals surface area contributed by atoms with Crippen molar-refractivity contribution in [3.05, 3.63) is 63.2 Å². The molecule has 2 aromatic carbocycles. The van der Waals surface area contributed by atoms with Crippen molar-refractivity contribution in [3.8, 4) is 5.75 Å². The van der Waals surface area contributed by atoms with Gasteiger partial charge in [-0.25, -0.2) is 0 Å². The van der Waals surface area contributed by atoms with Gasteiger partial charge in [0.15, 0.2) is 0 Å². The average molecular weight is 310 g/mol. The van der Waals surface area contributed by atoms with Gasteiger partial charge >= 0.3 is 0 Å². The SMILES string of the molecule is Oc1cccc(Cc2ccccc2)c1I. The van der Waals surface area contributed by atoms with E-state index in [2.05, 4.69) is 40.8 Å². The lowest BCUT2D eigenvalue weighted by molar-refractivity contribution is 0.470. The van der Waals surface area contributed by atoms with E-state index in [9.17, 15) is 5.11 Å². The quantitative estimate of drug-likeness (QED) is 0.841. The molecule has 2 rings (SSSR count). The van der Waals surface area contributed by atoms with Crippen LogP contribution in [-0.2, 0) is 6.42 Å². The Labute approximate surface area is 103 Å². The molecule has 0 aliphatic carbocycles. The third-order valence-electron chi connectivity index (χ3n) is 2.30. The summed E-state index contributed by atoms with van der Waals surface area (Å²) >= 11 is 2.18. The highest BCUT2D eigenvalue weighted by Crippen LogP contribution is 2.24. The second-order valence-electron chi connectivity index (χ2n) is 3.41. The number of phenols is 1. The highest BCUT2D eigenvalue weighted by Gasteiger charge is 2.04. The van der Waals surface area contributed by atoms with Gasteiger partial charge < -0.3 is 5.11 Å². The van der Waals surface area contributed by atoms with Gasteiger partial charge in [0.25, 0.3) is 0 Å². The second kappa shape index (κ2) is 4.66. The first-order valence-electron chi connectivity index (χ1n) is 4.77. The van der Waals surface area contributed by atoms with Crippen molar-refractivity contribution in [2.24, 2.45) is 0 Å². The van der Waals surface area contributed by atoms with Crippen molar-refractivity contribution in [1.29, 1.82) is 0 Å². The maximum Gasteiger partial charge on any atom is 0.129 e. The molecule has 0 radical (unpaired) electrons. The van der Waals surface area contributed by atoms with Gasteiger partial charge in [-0.2, -0.15) is 0 Å². The number of phenolic OH excluding ortho intramolecular Hbond substituents is 1. The van der Waals surface area contributed by atoms with Crippen LogP contribution in [0.15, 0.2) is 48.5 Å². The molecule has 0 aliphatic rings. The minimum absolute atomic E-state index is 0.365. The number of benzene rings is 2.